The summed E-state index contributed by atoms with van der Waals surface area (Å²) in [6.07, 6.45) is 1.53. The van der Waals surface area contributed by atoms with E-state index < -0.39 is 0 Å². The van der Waals surface area contributed by atoms with E-state index in [1.54, 1.807) is 31.4 Å². The number of amides is 1. The standard InChI is InChI=1S/C18H18N4O3/c1-24-16-8-4-15(5-9-16)20-13-18(23)22-21-12-14-2-6-17(7-3-14)25-11-10-19/h2-9,12,20H,11,13H2,1H3,(H,22,23)/b21-12-. The quantitative estimate of drug-likeness (QED) is 0.568. The van der Waals surface area contributed by atoms with Crippen LogP contribution in [0.3, 0.4) is 0 Å². The Hall–Kier alpha value is -3.53. The fourth-order valence-electron chi connectivity index (χ4n) is 1.88. The van der Waals surface area contributed by atoms with Gasteiger partial charge < -0.3 is 14.8 Å². The summed E-state index contributed by atoms with van der Waals surface area (Å²) in [4.78, 5) is 11.7. The summed E-state index contributed by atoms with van der Waals surface area (Å²) in [5.74, 6) is 1.09. The third kappa shape index (κ3) is 6.23. The molecular formula is C18H18N4O3. The van der Waals surface area contributed by atoms with Crippen LogP contribution in [-0.2, 0) is 4.79 Å². The Morgan fingerprint density at radius 1 is 1.16 bits per heavy atom. The summed E-state index contributed by atoms with van der Waals surface area (Å²) >= 11 is 0. The molecule has 7 nitrogen and oxygen atoms in total. The first-order valence-electron chi connectivity index (χ1n) is 7.51. The predicted molar refractivity (Wildman–Crippen MR) is 94.8 cm³/mol. The molecule has 0 unspecified atom stereocenters. The van der Waals surface area contributed by atoms with Crippen LogP contribution in [0.25, 0.3) is 0 Å². The number of rotatable bonds is 8. The number of carbonyl (C=O) groups excluding carboxylic acids is 1. The van der Waals surface area contributed by atoms with Crippen LogP contribution in [0.1, 0.15) is 5.56 Å². The number of hydrogen-bond donors (Lipinski definition) is 2. The van der Waals surface area contributed by atoms with Crippen molar-refractivity contribution in [2.24, 2.45) is 5.10 Å². The number of hydrazone groups is 1. The molecular weight excluding hydrogens is 320 g/mol. The normalized spacial score (nSPS) is 10.1. The largest absolute Gasteiger partial charge is 0.497 e. The maximum absolute atomic E-state index is 11.7. The number of carbonyl (C=O) groups is 1. The first-order chi connectivity index (χ1) is 12.2. The van der Waals surface area contributed by atoms with Gasteiger partial charge in [-0.25, -0.2) is 5.43 Å². The van der Waals surface area contributed by atoms with Gasteiger partial charge in [-0.05, 0) is 54.1 Å². The summed E-state index contributed by atoms with van der Waals surface area (Å²) in [7, 11) is 1.60. The highest BCUT2D eigenvalue weighted by molar-refractivity contribution is 5.84. The molecule has 0 aliphatic carbocycles. The third-order valence-corrected chi connectivity index (χ3v) is 3.13. The first-order valence-corrected chi connectivity index (χ1v) is 7.51. The number of hydrogen-bond acceptors (Lipinski definition) is 6. The van der Waals surface area contributed by atoms with Gasteiger partial charge >= 0.3 is 0 Å². The molecule has 25 heavy (non-hydrogen) atoms. The number of benzene rings is 2. The van der Waals surface area contributed by atoms with Crippen LogP contribution in [0.2, 0.25) is 0 Å². The average molecular weight is 338 g/mol. The number of anilines is 1. The fourth-order valence-corrected chi connectivity index (χ4v) is 1.88. The van der Waals surface area contributed by atoms with Gasteiger partial charge in [-0.3, -0.25) is 4.79 Å². The SMILES string of the molecule is COc1ccc(NCC(=O)N/N=C\c2ccc(OCC#N)cc2)cc1. The molecule has 0 saturated heterocycles. The van der Waals surface area contributed by atoms with Crippen LogP contribution < -0.4 is 20.2 Å². The van der Waals surface area contributed by atoms with Crippen LogP contribution in [0.5, 0.6) is 11.5 Å². The molecule has 0 fully saturated rings. The van der Waals surface area contributed by atoms with Gasteiger partial charge in [-0.2, -0.15) is 10.4 Å². The Labute approximate surface area is 145 Å². The minimum absolute atomic E-state index is 0.00465. The highest BCUT2D eigenvalue weighted by Gasteiger charge is 2.00. The molecule has 2 aromatic rings. The number of nitrogens with zero attached hydrogens (tertiary/aromatic N) is 2. The number of nitrogens with one attached hydrogen (secondary N) is 2. The lowest BCUT2D eigenvalue weighted by molar-refractivity contribution is -0.119. The van der Waals surface area contributed by atoms with E-state index >= 15 is 0 Å². The first kappa shape index (κ1) is 17.8. The summed E-state index contributed by atoms with van der Waals surface area (Å²) in [5.41, 5.74) is 4.05. The Morgan fingerprint density at radius 3 is 2.48 bits per heavy atom. The monoisotopic (exact) mass is 338 g/mol. The molecule has 0 aliphatic rings. The second kappa shape index (κ2) is 9.57. The van der Waals surface area contributed by atoms with Crippen molar-refractivity contribution < 1.29 is 14.3 Å². The highest BCUT2D eigenvalue weighted by Crippen LogP contribution is 2.14. The lowest BCUT2D eigenvalue weighted by Crippen LogP contribution is -2.25. The lowest BCUT2D eigenvalue weighted by Gasteiger charge is -2.06. The van der Waals surface area contributed by atoms with E-state index in [1.807, 2.05) is 30.3 Å². The van der Waals surface area contributed by atoms with E-state index in [0.29, 0.717) is 5.75 Å². The average Bonchev–Trinajstić information content (AvgIpc) is 2.66. The molecule has 2 aromatic carbocycles. The van der Waals surface area contributed by atoms with Gasteiger partial charge in [0.05, 0.1) is 19.9 Å². The Morgan fingerprint density at radius 2 is 1.84 bits per heavy atom. The molecule has 0 spiro atoms. The molecule has 0 bridgehead atoms. The molecule has 2 N–H and O–H groups in total. The summed E-state index contributed by atoms with van der Waals surface area (Å²) in [6, 6.07) is 16.2. The summed E-state index contributed by atoms with van der Waals surface area (Å²) < 4.78 is 10.2. The van der Waals surface area contributed by atoms with Crippen LogP contribution in [-0.4, -0.2) is 32.4 Å². The molecule has 0 atom stereocenters. The van der Waals surface area contributed by atoms with Gasteiger partial charge in [-0.1, -0.05) is 0 Å². The summed E-state index contributed by atoms with van der Waals surface area (Å²) in [6.45, 7) is 0.106. The Balaban J connectivity index is 1.75. The van der Waals surface area contributed by atoms with E-state index in [9.17, 15) is 4.79 Å². The van der Waals surface area contributed by atoms with Gasteiger partial charge in [0.15, 0.2) is 6.61 Å². The minimum Gasteiger partial charge on any atom is -0.497 e. The number of ether oxygens (including phenoxy) is 2. The van der Waals surface area contributed by atoms with E-state index in [4.69, 9.17) is 14.7 Å². The minimum atomic E-state index is -0.263. The van der Waals surface area contributed by atoms with Gasteiger partial charge in [-0.15, -0.1) is 0 Å². The second-order valence-electron chi connectivity index (χ2n) is 4.89. The fraction of sp³-hybridized carbons (Fsp3) is 0.167. The van der Waals surface area contributed by atoms with Crippen molar-refractivity contribution in [1.29, 1.82) is 5.26 Å². The molecule has 0 heterocycles. The second-order valence-corrected chi connectivity index (χ2v) is 4.89. The molecule has 0 aliphatic heterocycles. The van der Waals surface area contributed by atoms with Crippen molar-refractivity contribution in [3.63, 3.8) is 0 Å². The van der Waals surface area contributed by atoms with Crippen molar-refractivity contribution >= 4 is 17.8 Å². The van der Waals surface area contributed by atoms with Gasteiger partial charge in [0.25, 0.3) is 5.91 Å². The zero-order chi connectivity index (χ0) is 17.9. The lowest BCUT2D eigenvalue weighted by atomic mass is 10.2. The van der Waals surface area contributed by atoms with Gasteiger partial charge in [0, 0.05) is 5.69 Å². The van der Waals surface area contributed by atoms with Crippen LogP contribution in [0.15, 0.2) is 53.6 Å². The predicted octanol–water partition coefficient (Wildman–Crippen LogP) is 2.16. The molecule has 2 rings (SSSR count). The number of nitriles is 1. The molecule has 0 saturated carbocycles. The van der Waals surface area contributed by atoms with Crippen molar-refractivity contribution in [3.05, 3.63) is 54.1 Å². The van der Waals surface area contributed by atoms with Gasteiger partial charge in [0.2, 0.25) is 0 Å². The van der Waals surface area contributed by atoms with Crippen LogP contribution >= 0.6 is 0 Å². The maximum atomic E-state index is 11.7. The van der Waals surface area contributed by atoms with Crippen molar-refractivity contribution in [1.82, 2.24) is 5.43 Å². The number of methoxy groups -OCH3 is 1. The molecule has 1 amide bonds. The van der Waals surface area contributed by atoms with Crippen molar-refractivity contribution in [3.8, 4) is 17.6 Å². The molecule has 0 aromatic heterocycles. The van der Waals surface area contributed by atoms with E-state index in [0.717, 1.165) is 17.0 Å². The maximum Gasteiger partial charge on any atom is 0.259 e. The Kier molecular flexibility index (Phi) is 6.82. The zero-order valence-corrected chi connectivity index (χ0v) is 13.7. The zero-order valence-electron chi connectivity index (χ0n) is 13.7. The van der Waals surface area contributed by atoms with E-state index in [1.165, 1.54) is 6.21 Å². The van der Waals surface area contributed by atoms with Crippen LogP contribution in [0, 0.1) is 11.3 Å². The smallest absolute Gasteiger partial charge is 0.259 e. The van der Waals surface area contributed by atoms with E-state index in [2.05, 4.69) is 15.8 Å². The van der Waals surface area contributed by atoms with Crippen molar-refractivity contribution in [2.75, 3.05) is 25.6 Å². The topological polar surface area (TPSA) is 95.7 Å². The highest BCUT2D eigenvalue weighted by atomic mass is 16.5. The summed E-state index contributed by atoms with van der Waals surface area (Å²) in [5, 5.41) is 15.3. The van der Waals surface area contributed by atoms with E-state index in [-0.39, 0.29) is 19.1 Å². The van der Waals surface area contributed by atoms with Gasteiger partial charge in [0.1, 0.15) is 17.6 Å². The van der Waals surface area contributed by atoms with Crippen molar-refractivity contribution in [2.45, 2.75) is 0 Å². The molecule has 128 valence electrons. The third-order valence-electron chi connectivity index (χ3n) is 3.13. The van der Waals surface area contributed by atoms with Crippen LogP contribution in [0.4, 0.5) is 5.69 Å². The Bertz CT molecular complexity index is 749. The molecule has 7 heteroatoms. The molecule has 0 radical (unpaired) electrons.